The zero-order valence-electron chi connectivity index (χ0n) is 17.3. The van der Waals surface area contributed by atoms with E-state index in [1.165, 1.54) is 5.56 Å². The number of aromatic nitrogens is 1. The number of hydrogen-bond donors (Lipinski definition) is 1. The number of hydrogen-bond acceptors (Lipinski definition) is 5. The SMILES string of the molecule is CCN(CC)CCCNCc1ccc(OCc2ccc(Cl)nc2)c(OC)c1.Cl.Cl. The van der Waals surface area contributed by atoms with Crippen molar-refractivity contribution >= 4 is 36.4 Å². The van der Waals surface area contributed by atoms with Crippen LogP contribution >= 0.6 is 36.4 Å². The molecule has 0 aliphatic heterocycles. The number of pyridine rings is 1. The van der Waals surface area contributed by atoms with E-state index in [0.29, 0.717) is 11.8 Å². The van der Waals surface area contributed by atoms with E-state index in [0.717, 1.165) is 56.2 Å². The molecule has 0 fully saturated rings. The molecule has 0 aliphatic carbocycles. The Kier molecular flexibility index (Phi) is 14.9. The van der Waals surface area contributed by atoms with Gasteiger partial charge in [0, 0.05) is 18.3 Å². The first kappa shape index (κ1) is 27.8. The van der Waals surface area contributed by atoms with Gasteiger partial charge >= 0.3 is 0 Å². The average molecular weight is 465 g/mol. The van der Waals surface area contributed by atoms with E-state index in [2.05, 4.69) is 35.1 Å². The lowest BCUT2D eigenvalue weighted by Crippen LogP contribution is -2.27. The van der Waals surface area contributed by atoms with Crippen molar-refractivity contribution in [1.82, 2.24) is 15.2 Å². The number of nitrogens with zero attached hydrogens (tertiary/aromatic N) is 2. The van der Waals surface area contributed by atoms with Gasteiger partial charge in [-0.3, -0.25) is 0 Å². The lowest BCUT2D eigenvalue weighted by Gasteiger charge is -2.17. The lowest BCUT2D eigenvalue weighted by atomic mass is 10.2. The Balaban J connectivity index is 0.00000392. The predicted octanol–water partition coefficient (Wildman–Crippen LogP) is 4.99. The first-order valence-corrected chi connectivity index (χ1v) is 9.87. The number of halogens is 3. The molecule has 1 aromatic heterocycles. The summed E-state index contributed by atoms with van der Waals surface area (Å²) in [5, 5.41) is 3.97. The van der Waals surface area contributed by atoms with E-state index in [1.54, 1.807) is 19.4 Å². The summed E-state index contributed by atoms with van der Waals surface area (Å²) in [5.74, 6) is 1.46. The fourth-order valence-electron chi connectivity index (χ4n) is 2.79. The van der Waals surface area contributed by atoms with Crippen molar-refractivity contribution in [1.29, 1.82) is 0 Å². The van der Waals surface area contributed by atoms with Gasteiger partial charge in [0.2, 0.25) is 0 Å². The van der Waals surface area contributed by atoms with Crippen LogP contribution in [0.15, 0.2) is 36.5 Å². The number of methoxy groups -OCH3 is 1. The van der Waals surface area contributed by atoms with Crippen LogP contribution in [0.4, 0.5) is 0 Å². The van der Waals surface area contributed by atoms with Gasteiger partial charge < -0.3 is 19.7 Å². The third-order valence-electron chi connectivity index (χ3n) is 4.46. The van der Waals surface area contributed by atoms with Crippen molar-refractivity contribution in [3.63, 3.8) is 0 Å². The molecule has 0 aliphatic rings. The summed E-state index contributed by atoms with van der Waals surface area (Å²) in [6, 6.07) is 9.70. The molecule has 0 spiro atoms. The average Bonchev–Trinajstić information content (AvgIpc) is 2.70. The van der Waals surface area contributed by atoms with Crippen molar-refractivity contribution in [3.05, 3.63) is 52.8 Å². The Bertz CT molecular complexity index is 683. The molecule has 1 N–H and O–H groups in total. The topological polar surface area (TPSA) is 46.6 Å². The maximum absolute atomic E-state index is 5.87. The van der Waals surface area contributed by atoms with Crippen LogP contribution in [0.3, 0.4) is 0 Å². The Morgan fingerprint density at radius 1 is 1.03 bits per heavy atom. The van der Waals surface area contributed by atoms with Crippen LogP contribution < -0.4 is 14.8 Å². The molecular formula is C21H32Cl3N3O2. The second-order valence-electron chi connectivity index (χ2n) is 6.32. The van der Waals surface area contributed by atoms with Crippen LogP contribution in [0.2, 0.25) is 5.15 Å². The molecule has 5 nitrogen and oxygen atoms in total. The molecular weight excluding hydrogens is 433 g/mol. The Morgan fingerprint density at radius 2 is 1.76 bits per heavy atom. The van der Waals surface area contributed by atoms with Crippen LogP contribution in [-0.4, -0.2) is 43.2 Å². The summed E-state index contributed by atoms with van der Waals surface area (Å²) in [7, 11) is 1.66. The van der Waals surface area contributed by atoms with Gasteiger partial charge in [-0.1, -0.05) is 37.6 Å². The largest absolute Gasteiger partial charge is 0.493 e. The van der Waals surface area contributed by atoms with Gasteiger partial charge in [-0.15, -0.1) is 24.8 Å². The third kappa shape index (κ3) is 9.87. The second kappa shape index (κ2) is 15.6. The first-order valence-electron chi connectivity index (χ1n) is 9.49. The minimum Gasteiger partial charge on any atom is -0.493 e. The quantitative estimate of drug-likeness (QED) is 0.354. The Morgan fingerprint density at radius 3 is 2.38 bits per heavy atom. The van der Waals surface area contributed by atoms with Crippen LogP contribution in [0.25, 0.3) is 0 Å². The van der Waals surface area contributed by atoms with Crippen molar-refractivity contribution in [3.8, 4) is 11.5 Å². The van der Waals surface area contributed by atoms with Crippen LogP contribution in [0.1, 0.15) is 31.4 Å². The standard InChI is InChI=1S/C21H30ClN3O2.2ClH/c1-4-25(5-2)12-6-11-23-14-17-7-9-19(20(13-17)26-3)27-16-18-8-10-21(22)24-15-18;;/h7-10,13,15,23H,4-6,11-12,14,16H2,1-3H3;2*1H. The third-order valence-corrected chi connectivity index (χ3v) is 4.69. The molecule has 29 heavy (non-hydrogen) atoms. The van der Waals surface area contributed by atoms with Gasteiger partial charge in [0.1, 0.15) is 11.8 Å². The highest BCUT2D eigenvalue weighted by Crippen LogP contribution is 2.28. The normalized spacial score (nSPS) is 10.2. The zero-order chi connectivity index (χ0) is 19.5. The summed E-state index contributed by atoms with van der Waals surface area (Å²) in [4.78, 5) is 6.50. The van der Waals surface area contributed by atoms with E-state index in [4.69, 9.17) is 21.1 Å². The van der Waals surface area contributed by atoms with Crippen molar-refractivity contribution in [2.75, 3.05) is 33.3 Å². The van der Waals surface area contributed by atoms with E-state index in [-0.39, 0.29) is 24.8 Å². The fourth-order valence-corrected chi connectivity index (χ4v) is 2.91. The molecule has 0 saturated heterocycles. The molecule has 0 amide bonds. The summed E-state index contributed by atoms with van der Waals surface area (Å²) in [5.41, 5.74) is 2.13. The smallest absolute Gasteiger partial charge is 0.161 e. The number of ether oxygens (including phenoxy) is 2. The molecule has 2 rings (SSSR count). The van der Waals surface area contributed by atoms with E-state index in [9.17, 15) is 0 Å². The van der Waals surface area contributed by atoms with Crippen molar-refractivity contribution in [2.45, 2.75) is 33.4 Å². The summed E-state index contributed by atoms with van der Waals surface area (Å²) < 4.78 is 11.4. The zero-order valence-corrected chi connectivity index (χ0v) is 19.7. The summed E-state index contributed by atoms with van der Waals surface area (Å²) in [6.07, 6.45) is 2.86. The maximum atomic E-state index is 5.87. The van der Waals surface area contributed by atoms with Gasteiger partial charge in [0.25, 0.3) is 0 Å². The van der Waals surface area contributed by atoms with E-state index < -0.39 is 0 Å². The molecule has 0 radical (unpaired) electrons. The number of rotatable bonds is 12. The van der Waals surface area contributed by atoms with Crippen LogP contribution in [0, 0.1) is 0 Å². The second-order valence-corrected chi connectivity index (χ2v) is 6.71. The molecule has 2 aromatic rings. The fraction of sp³-hybridized carbons (Fsp3) is 0.476. The van der Waals surface area contributed by atoms with Crippen molar-refractivity contribution < 1.29 is 9.47 Å². The van der Waals surface area contributed by atoms with E-state index in [1.807, 2.05) is 18.2 Å². The highest BCUT2D eigenvalue weighted by molar-refractivity contribution is 6.29. The van der Waals surface area contributed by atoms with E-state index >= 15 is 0 Å². The minimum absolute atomic E-state index is 0. The molecule has 1 aromatic carbocycles. The lowest BCUT2D eigenvalue weighted by molar-refractivity contribution is 0.284. The number of nitrogens with one attached hydrogen (secondary N) is 1. The molecule has 0 atom stereocenters. The molecule has 8 heteroatoms. The highest BCUT2D eigenvalue weighted by atomic mass is 35.5. The predicted molar refractivity (Wildman–Crippen MR) is 125 cm³/mol. The Hall–Kier alpha value is -1.24. The van der Waals surface area contributed by atoms with Crippen molar-refractivity contribution in [2.24, 2.45) is 0 Å². The maximum Gasteiger partial charge on any atom is 0.161 e. The van der Waals surface area contributed by atoms with Crippen LogP contribution in [0.5, 0.6) is 11.5 Å². The molecule has 0 bridgehead atoms. The van der Waals surface area contributed by atoms with Gasteiger partial charge in [0.05, 0.1) is 7.11 Å². The van der Waals surface area contributed by atoms with Gasteiger partial charge in [-0.2, -0.15) is 0 Å². The summed E-state index contributed by atoms with van der Waals surface area (Å²) >= 11 is 5.81. The summed E-state index contributed by atoms with van der Waals surface area (Å²) in [6.45, 7) is 10.0. The molecule has 164 valence electrons. The first-order chi connectivity index (χ1) is 13.2. The van der Waals surface area contributed by atoms with Gasteiger partial charge in [0.15, 0.2) is 11.5 Å². The molecule has 0 saturated carbocycles. The molecule has 1 heterocycles. The van der Waals surface area contributed by atoms with Gasteiger partial charge in [-0.25, -0.2) is 4.98 Å². The van der Waals surface area contributed by atoms with Gasteiger partial charge in [-0.05, 0) is 56.4 Å². The highest BCUT2D eigenvalue weighted by Gasteiger charge is 2.07. The van der Waals surface area contributed by atoms with Crippen LogP contribution in [-0.2, 0) is 13.2 Å². The monoisotopic (exact) mass is 463 g/mol. The number of benzene rings is 1. The molecule has 0 unspecified atom stereocenters. The Labute approximate surface area is 192 Å². The minimum atomic E-state index is 0.